The van der Waals surface area contributed by atoms with E-state index >= 15 is 0 Å². The molecule has 4 nitrogen and oxygen atoms in total. The van der Waals surface area contributed by atoms with Gasteiger partial charge in [0, 0.05) is 25.6 Å². The summed E-state index contributed by atoms with van der Waals surface area (Å²) < 4.78 is 5.47. The Morgan fingerprint density at radius 3 is 2.56 bits per heavy atom. The topological polar surface area (TPSA) is 35.9 Å². The molecule has 0 spiro atoms. The van der Waals surface area contributed by atoms with Gasteiger partial charge in [0.05, 0.1) is 12.7 Å². The Morgan fingerprint density at radius 1 is 1.22 bits per heavy atom. The van der Waals surface area contributed by atoms with Crippen LogP contribution in [-0.4, -0.2) is 74.5 Å². The summed E-state index contributed by atoms with van der Waals surface area (Å²) in [5.41, 5.74) is 0. The predicted octanol–water partition coefficient (Wildman–Crippen LogP) is 0.657. The molecule has 2 aliphatic rings. The standard InChI is InChI=1S/C14H28N2O2/c1-15(2)9-12-3-6-16(7-4-12)10-13-11-18-8-5-14(13)17/h12-14,17H,3-11H2,1-2H3. The molecule has 2 fully saturated rings. The van der Waals surface area contributed by atoms with Crippen molar-refractivity contribution >= 4 is 0 Å². The Morgan fingerprint density at radius 2 is 1.94 bits per heavy atom. The van der Waals surface area contributed by atoms with Gasteiger partial charge in [0.1, 0.15) is 0 Å². The molecule has 2 saturated heterocycles. The summed E-state index contributed by atoms with van der Waals surface area (Å²) >= 11 is 0. The Hall–Kier alpha value is -0.160. The highest BCUT2D eigenvalue weighted by molar-refractivity contribution is 4.80. The zero-order valence-electron chi connectivity index (χ0n) is 11.8. The van der Waals surface area contributed by atoms with Crippen LogP contribution in [0, 0.1) is 11.8 Å². The van der Waals surface area contributed by atoms with E-state index in [4.69, 9.17) is 4.74 Å². The highest BCUT2D eigenvalue weighted by Crippen LogP contribution is 2.21. The van der Waals surface area contributed by atoms with E-state index < -0.39 is 0 Å². The summed E-state index contributed by atoms with van der Waals surface area (Å²) in [6.45, 7) is 6.05. The van der Waals surface area contributed by atoms with E-state index in [-0.39, 0.29) is 6.10 Å². The van der Waals surface area contributed by atoms with Crippen LogP contribution in [0.15, 0.2) is 0 Å². The Kier molecular flexibility index (Phi) is 5.42. The molecule has 0 saturated carbocycles. The smallest absolute Gasteiger partial charge is 0.0624 e. The first-order chi connectivity index (χ1) is 8.65. The van der Waals surface area contributed by atoms with E-state index in [1.54, 1.807) is 0 Å². The molecule has 2 unspecified atom stereocenters. The van der Waals surface area contributed by atoms with Gasteiger partial charge in [-0.2, -0.15) is 0 Å². The first-order valence-electron chi connectivity index (χ1n) is 7.28. The fraction of sp³-hybridized carbons (Fsp3) is 1.00. The number of likely N-dealkylation sites (tertiary alicyclic amines) is 1. The first kappa shape index (κ1) is 14.3. The fourth-order valence-electron chi connectivity index (χ4n) is 3.16. The van der Waals surface area contributed by atoms with Crippen molar-refractivity contribution in [3.63, 3.8) is 0 Å². The normalized spacial score (nSPS) is 32.0. The van der Waals surface area contributed by atoms with Crippen LogP contribution in [0.4, 0.5) is 0 Å². The summed E-state index contributed by atoms with van der Waals surface area (Å²) in [6.07, 6.45) is 3.24. The molecule has 0 aromatic rings. The van der Waals surface area contributed by atoms with Crippen LogP contribution < -0.4 is 0 Å². The van der Waals surface area contributed by atoms with Crippen LogP contribution in [0.2, 0.25) is 0 Å². The molecule has 0 aliphatic carbocycles. The van der Waals surface area contributed by atoms with E-state index in [0.29, 0.717) is 5.92 Å². The summed E-state index contributed by atoms with van der Waals surface area (Å²) in [5, 5.41) is 9.96. The van der Waals surface area contributed by atoms with Gasteiger partial charge in [-0.3, -0.25) is 0 Å². The molecule has 0 aromatic heterocycles. The third-order valence-corrected chi connectivity index (χ3v) is 4.26. The van der Waals surface area contributed by atoms with Crippen LogP contribution in [-0.2, 0) is 4.74 Å². The lowest BCUT2D eigenvalue weighted by Gasteiger charge is -2.37. The second-order valence-electron chi connectivity index (χ2n) is 6.20. The Balaban J connectivity index is 1.69. The number of piperidine rings is 1. The van der Waals surface area contributed by atoms with Gasteiger partial charge in [0.25, 0.3) is 0 Å². The van der Waals surface area contributed by atoms with Gasteiger partial charge >= 0.3 is 0 Å². The van der Waals surface area contributed by atoms with Crippen LogP contribution >= 0.6 is 0 Å². The van der Waals surface area contributed by atoms with Crippen LogP contribution in [0.25, 0.3) is 0 Å². The second kappa shape index (κ2) is 6.85. The van der Waals surface area contributed by atoms with Gasteiger partial charge in [-0.15, -0.1) is 0 Å². The zero-order chi connectivity index (χ0) is 13.0. The van der Waals surface area contributed by atoms with Crippen molar-refractivity contribution in [2.75, 3.05) is 53.5 Å². The third kappa shape index (κ3) is 4.19. The average molecular weight is 256 g/mol. The first-order valence-corrected chi connectivity index (χ1v) is 7.28. The predicted molar refractivity (Wildman–Crippen MR) is 72.7 cm³/mol. The molecule has 0 bridgehead atoms. The van der Waals surface area contributed by atoms with Crippen molar-refractivity contribution in [2.45, 2.75) is 25.4 Å². The van der Waals surface area contributed by atoms with E-state index in [9.17, 15) is 5.11 Å². The maximum Gasteiger partial charge on any atom is 0.0624 e. The molecule has 2 heterocycles. The lowest BCUT2D eigenvalue weighted by molar-refractivity contribution is -0.0493. The Labute approximate surface area is 111 Å². The van der Waals surface area contributed by atoms with E-state index in [1.807, 2.05) is 0 Å². The minimum Gasteiger partial charge on any atom is -0.393 e. The van der Waals surface area contributed by atoms with Crippen molar-refractivity contribution in [1.29, 1.82) is 0 Å². The second-order valence-corrected chi connectivity index (χ2v) is 6.20. The number of nitrogens with zero attached hydrogens (tertiary/aromatic N) is 2. The highest BCUT2D eigenvalue weighted by atomic mass is 16.5. The SMILES string of the molecule is CN(C)CC1CCN(CC2COCCC2O)CC1. The third-order valence-electron chi connectivity index (χ3n) is 4.26. The van der Waals surface area contributed by atoms with Gasteiger partial charge in [-0.1, -0.05) is 0 Å². The van der Waals surface area contributed by atoms with Crippen molar-refractivity contribution in [1.82, 2.24) is 9.80 Å². The van der Waals surface area contributed by atoms with Crippen LogP contribution in [0.3, 0.4) is 0 Å². The maximum absolute atomic E-state index is 9.96. The van der Waals surface area contributed by atoms with Crippen molar-refractivity contribution in [3.8, 4) is 0 Å². The minimum atomic E-state index is -0.154. The van der Waals surface area contributed by atoms with Crippen molar-refractivity contribution < 1.29 is 9.84 Å². The number of aliphatic hydroxyl groups excluding tert-OH is 1. The van der Waals surface area contributed by atoms with E-state index in [1.165, 1.54) is 32.5 Å². The number of aliphatic hydroxyl groups is 1. The van der Waals surface area contributed by atoms with E-state index in [2.05, 4.69) is 23.9 Å². The summed E-state index contributed by atoms with van der Waals surface area (Å²) in [6, 6.07) is 0. The molecule has 2 atom stereocenters. The molecule has 2 aliphatic heterocycles. The average Bonchev–Trinajstić information content (AvgIpc) is 2.34. The van der Waals surface area contributed by atoms with Crippen molar-refractivity contribution in [3.05, 3.63) is 0 Å². The Bertz CT molecular complexity index is 240. The van der Waals surface area contributed by atoms with Gasteiger partial charge in [-0.05, 0) is 52.4 Å². The van der Waals surface area contributed by atoms with Crippen molar-refractivity contribution in [2.24, 2.45) is 11.8 Å². The number of hydrogen-bond acceptors (Lipinski definition) is 4. The molecule has 2 rings (SSSR count). The molecular formula is C14H28N2O2. The lowest BCUT2D eigenvalue weighted by atomic mass is 9.93. The minimum absolute atomic E-state index is 0.154. The monoisotopic (exact) mass is 256 g/mol. The van der Waals surface area contributed by atoms with Gasteiger partial charge in [0.15, 0.2) is 0 Å². The molecule has 0 radical (unpaired) electrons. The summed E-state index contributed by atoms with van der Waals surface area (Å²) in [4.78, 5) is 4.80. The molecule has 0 amide bonds. The summed E-state index contributed by atoms with van der Waals surface area (Å²) in [7, 11) is 4.31. The summed E-state index contributed by atoms with van der Waals surface area (Å²) in [5.74, 6) is 1.17. The number of rotatable bonds is 4. The molecule has 1 N–H and O–H groups in total. The van der Waals surface area contributed by atoms with E-state index in [0.717, 1.165) is 32.1 Å². The van der Waals surface area contributed by atoms with Crippen LogP contribution in [0.5, 0.6) is 0 Å². The van der Waals surface area contributed by atoms with Gasteiger partial charge in [0.2, 0.25) is 0 Å². The molecule has 106 valence electrons. The zero-order valence-corrected chi connectivity index (χ0v) is 11.8. The quantitative estimate of drug-likeness (QED) is 0.801. The van der Waals surface area contributed by atoms with Gasteiger partial charge < -0.3 is 19.6 Å². The largest absolute Gasteiger partial charge is 0.393 e. The molecule has 18 heavy (non-hydrogen) atoms. The molecular weight excluding hydrogens is 228 g/mol. The fourth-order valence-corrected chi connectivity index (χ4v) is 3.16. The van der Waals surface area contributed by atoms with Gasteiger partial charge in [-0.25, -0.2) is 0 Å². The van der Waals surface area contributed by atoms with Crippen LogP contribution in [0.1, 0.15) is 19.3 Å². The number of ether oxygens (including phenoxy) is 1. The lowest BCUT2D eigenvalue weighted by Crippen LogP contribution is -2.44. The highest BCUT2D eigenvalue weighted by Gasteiger charge is 2.27. The number of hydrogen-bond donors (Lipinski definition) is 1. The maximum atomic E-state index is 9.96. The molecule has 4 heteroatoms. The molecule has 0 aromatic carbocycles.